The van der Waals surface area contributed by atoms with Gasteiger partial charge in [0.15, 0.2) is 4.90 Å². The minimum atomic E-state index is -3.96. The quantitative estimate of drug-likeness (QED) is 0.601. The largest absolute Gasteiger partial charge is 0.289 e. The Balaban J connectivity index is 2.19. The van der Waals surface area contributed by atoms with E-state index in [0.29, 0.717) is 10.9 Å². The van der Waals surface area contributed by atoms with Gasteiger partial charge in [-0.25, -0.2) is 18.1 Å². The van der Waals surface area contributed by atoms with Crippen molar-refractivity contribution in [3.05, 3.63) is 49.4 Å². The number of hydrogen-bond acceptors (Lipinski definition) is 6. The molecule has 112 valence electrons. The summed E-state index contributed by atoms with van der Waals surface area (Å²) in [6.07, 6.45) is 0.421. The lowest BCUT2D eigenvalue weighted by Crippen LogP contribution is -2.26. The Morgan fingerprint density at radius 2 is 2.19 bits per heavy atom. The summed E-state index contributed by atoms with van der Waals surface area (Å²) in [6.45, 7) is 0.121. The first-order valence-corrected chi connectivity index (χ1v) is 8.93. The maximum Gasteiger partial charge on any atom is 0.289 e. The number of nitro benzene ring substituents is 1. The fourth-order valence-corrected chi connectivity index (χ4v) is 3.94. The highest BCUT2D eigenvalue weighted by Gasteiger charge is 2.25. The number of thiazole rings is 1. The minimum Gasteiger partial charge on any atom is -0.258 e. The number of rotatable bonds is 6. The Morgan fingerprint density at radius 3 is 2.81 bits per heavy atom. The van der Waals surface area contributed by atoms with Crippen LogP contribution in [0.5, 0.6) is 0 Å². The molecule has 0 aliphatic carbocycles. The molecule has 0 bridgehead atoms. The van der Waals surface area contributed by atoms with Crippen LogP contribution in [0.15, 0.2) is 38.5 Å². The van der Waals surface area contributed by atoms with Crippen molar-refractivity contribution in [3.63, 3.8) is 0 Å². The Bertz CT molecular complexity index is 747. The van der Waals surface area contributed by atoms with Crippen molar-refractivity contribution in [2.24, 2.45) is 0 Å². The van der Waals surface area contributed by atoms with Crippen molar-refractivity contribution in [2.45, 2.75) is 11.3 Å². The van der Waals surface area contributed by atoms with Gasteiger partial charge in [-0.1, -0.05) is 15.9 Å². The van der Waals surface area contributed by atoms with E-state index in [1.807, 2.05) is 5.38 Å². The van der Waals surface area contributed by atoms with Gasteiger partial charge in [-0.2, -0.15) is 0 Å². The van der Waals surface area contributed by atoms with E-state index in [0.717, 1.165) is 11.8 Å². The Morgan fingerprint density at radius 1 is 1.43 bits per heavy atom. The predicted octanol–water partition coefficient (Wildman–Crippen LogP) is 2.33. The second-order valence-corrected chi connectivity index (χ2v) is 7.37. The van der Waals surface area contributed by atoms with Crippen LogP contribution in [0.4, 0.5) is 5.69 Å². The number of nitro groups is 1. The maximum absolute atomic E-state index is 12.2. The first-order chi connectivity index (χ1) is 9.90. The molecule has 2 aromatic rings. The number of benzene rings is 1. The third kappa shape index (κ3) is 4.06. The van der Waals surface area contributed by atoms with Gasteiger partial charge in [-0.3, -0.25) is 10.1 Å². The fraction of sp³-hybridized carbons (Fsp3) is 0.182. The third-order valence-electron chi connectivity index (χ3n) is 2.56. The molecular weight excluding hydrogens is 382 g/mol. The number of hydrogen-bond donors (Lipinski definition) is 1. The van der Waals surface area contributed by atoms with Crippen LogP contribution in [0.1, 0.15) is 5.69 Å². The van der Waals surface area contributed by atoms with E-state index >= 15 is 0 Å². The van der Waals surface area contributed by atoms with Crippen molar-refractivity contribution < 1.29 is 13.3 Å². The standard InChI is InChI=1S/C11H10BrN3O4S2/c12-8-1-2-10(15(16)17)11(5-8)21(18,19)14-4-3-9-6-20-7-13-9/h1-2,5-7,14H,3-4H2. The molecule has 2 rings (SSSR count). The molecule has 0 saturated carbocycles. The van der Waals surface area contributed by atoms with Gasteiger partial charge in [-0.05, 0) is 12.1 Å². The molecule has 10 heteroatoms. The van der Waals surface area contributed by atoms with Crippen LogP contribution in [-0.4, -0.2) is 24.9 Å². The molecule has 7 nitrogen and oxygen atoms in total. The lowest BCUT2D eigenvalue weighted by Gasteiger charge is -2.07. The highest BCUT2D eigenvalue weighted by molar-refractivity contribution is 9.10. The topological polar surface area (TPSA) is 102 Å². The fourth-order valence-electron chi connectivity index (χ4n) is 1.61. The molecule has 0 saturated heterocycles. The van der Waals surface area contributed by atoms with E-state index in [2.05, 4.69) is 25.6 Å². The number of halogens is 1. The van der Waals surface area contributed by atoms with E-state index in [1.165, 1.54) is 23.5 Å². The van der Waals surface area contributed by atoms with Crippen molar-refractivity contribution >= 4 is 43.0 Å². The number of nitrogens with zero attached hydrogens (tertiary/aromatic N) is 2. The van der Waals surface area contributed by atoms with Gasteiger partial charge in [0.2, 0.25) is 10.0 Å². The summed E-state index contributed by atoms with van der Waals surface area (Å²) in [5.74, 6) is 0. The van der Waals surface area contributed by atoms with Crippen LogP contribution < -0.4 is 4.72 Å². The molecule has 0 unspecified atom stereocenters. The van der Waals surface area contributed by atoms with E-state index < -0.39 is 20.6 Å². The van der Waals surface area contributed by atoms with Crippen LogP contribution in [0.25, 0.3) is 0 Å². The molecule has 0 aliphatic heterocycles. The molecule has 0 fully saturated rings. The SMILES string of the molecule is O=[N+]([O-])c1ccc(Br)cc1S(=O)(=O)NCCc1cscn1. The average molecular weight is 392 g/mol. The smallest absolute Gasteiger partial charge is 0.258 e. The summed E-state index contributed by atoms with van der Waals surface area (Å²) < 4.78 is 27.2. The summed E-state index contributed by atoms with van der Waals surface area (Å²) >= 11 is 4.53. The first-order valence-electron chi connectivity index (χ1n) is 5.71. The van der Waals surface area contributed by atoms with Crippen LogP contribution >= 0.6 is 27.3 Å². The number of nitrogens with one attached hydrogen (secondary N) is 1. The van der Waals surface area contributed by atoms with Crippen molar-refractivity contribution in [1.29, 1.82) is 0 Å². The molecular formula is C11H10BrN3O4S2. The molecule has 1 aromatic heterocycles. The zero-order valence-corrected chi connectivity index (χ0v) is 13.7. The van der Waals surface area contributed by atoms with E-state index in [4.69, 9.17) is 0 Å². The molecule has 1 N–H and O–H groups in total. The molecule has 0 aliphatic rings. The second-order valence-electron chi connectivity index (χ2n) is 4.00. The minimum absolute atomic E-state index is 0.121. The van der Waals surface area contributed by atoms with Gasteiger partial charge in [0.1, 0.15) is 0 Å². The maximum atomic E-state index is 12.2. The van der Waals surface area contributed by atoms with Gasteiger partial charge >= 0.3 is 0 Å². The zero-order chi connectivity index (χ0) is 15.5. The summed E-state index contributed by atoms with van der Waals surface area (Å²) in [7, 11) is -3.96. The van der Waals surface area contributed by atoms with Crippen LogP contribution in [0.3, 0.4) is 0 Å². The summed E-state index contributed by atoms with van der Waals surface area (Å²) in [6, 6.07) is 3.79. The Hall–Kier alpha value is -1.36. The van der Waals surface area contributed by atoms with E-state index in [-0.39, 0.29) is 11.4 Å². The summed E-state index contributed by atoms with van der Waals surface area (Å²) in [4.78, 5) is 13.9. The Labute approximate surface area is 133 Å². The predicted molar refractivity (Wildman–Crippen MR) is 81.8 cm³/mol. The molecule has 1 aromatic carbocycles. The highest BCUT2D eigenvalue weighted by atomic mass is 79.9. The van der Waals surface area contributed by atoms with Crippen LogP contribution in [-0.2, 0) is 16.4 Å². The van der Waals surface area contributed by atoms with Crippen molar-refractivity contribution in [1.82, 2.24) is 9.71 Å². The number of sulfonamides is 1. The molecule has 21 heavy (non-hydrogen) atoms. The highest BCUT2D eigenvalue weighted by Crippen LogP contribution is 2.26. The summed E-state index contributed by atoms with van der Waals surface area (Å²) in [5, 5.41) is 12.7. The molecule has 0 amide bonds. The van der Waals surface area contributed by atoms with Gasteiger partial charge < -0.3 is 0 Å². The normalized spacial score (nSPS) is 11.5. The molecule has 0 spiro atoms. The van der Waals surface area contributed by atoms with E-state index in [9.17, 15) is 18.5 Å². The van der Waals surface area contributed by atoms with Crippen molar-refractivity contribution in [3.8, 4) is 0 Å². The molecule has 0 radical (unpaired) electrons. The van der Waals surface area contributed by atoms with Crippen molar-refractivity contribution in [2.75, 3.05) is 6.54 Å². The monoisotopic (exact) mass is 391 g/mol. The van der Waals surface area contributed by atoms with Gasteiger partial charge in [-0.15, -0.1) is 11.3 Å². The van der Waals surface area contributed by atoms with Crippen LogP contribution in [0.2, 0.25) is 0 Å². The third-order valence-corrected chi connectivity index (χ3v) is 5.18. The molecule has 0 atom stereocenters. The zero-order valence-electron chi connectivity index (χ0n) is 10.5. The lowest BCUT2D eigenvalue weighted by atomic mass is 10.3. The van der Waals surface area contributed by atoms with Gasteiger partial charge in [0.05, 0.1) is 16.1 Å². The second kappa shape index (κ2) is 6.60. The van der Waals surface area contributed by atoms with Gasteiger partial charge in [0, 0.05) is 28.9 Å². The van der Waals surface area contributed by atoms with Gasteiger partial charge in [0.25, 0.3) is 5.69 Å². The summed E-state index contributed by atoms with van der Waals surface area (Å²) in [5.41, 5.74) is 1.97. The first kappa shape index (κ1) is 16.0. The Kier molecular flexibility index (Phi) is 5.04. The molecule has 1 heterocycles. The average Bonchev–Trinajstić information content (AvgIpc) is 2.91. The lowest BCUT2D eigenvalue weighted by molar-refractivity contribution is -0.387. The van der Waals surface area contributed by atoms with E-state index in [1.54, 1.807) is 5.51 Å². The number of aromatic nitrogens is 1. The van der Waals surface area contributed by atoms with Crippen LogP contribution in [0, 0.1) is 10.1 Å².